The number of phenols is 1. The van der Waals surface area contributed by atoms with Crippen LogP contribution in [0.4, 0.5) is 5.82 Å². The minimum atomic E-state index is -0.604. The van der Waals surface area contributed by atoms with Crippen LogP contribution in [0.3, 0.4) is 0 Å². The van der Waals surface area contributed by atoms with Crippen LogP contribution in [0.25, 0.3) is 16.6 Å². The predicted molar refractivity (Wildman–Crippen MR) is 89.9 cm³/mol. The molecule has 0 fully saturated rings. The highest BCUT2D eigenvalue weighted by Gasteiger charge is 2.22. The van der Waals surface area contributed by atoms with E-state index >= 15 is 0 Å². The van der Waals surface area contributed by atoms with E-state index in [0.29, 0.717) is 10.9 Å². The number of nitrogens with two attached hydrogens (primary N) is 2. The summed E-state index contributed by atoms with van der Waals surface area (Å²) in [6, 6.07) is 5.29. The van der Waals surface area contributed by atoms with E-state index in [9.17, 15) is 9.90 Å². The van der Waals surface area contributed by atoms with Gasteiger partial charge in [0, 0.05) is 22.8 Å². The van der Waals surface area contributed by atoms with Crippen molar-refractivity contribution in [2.75, 3.05) is 5.73 Å². The van der Waals surface area contributed by atoms with E-state index in [1.54, 1.807) is 29.8 Å². The van der Waals surface area contributed by atoms with Crippen LogP contribution in [-0.2, 0) is 0 Å². The molecule has 0 spiro atoms. The number of phenolic OH excluding ortho intramolecular Hbond substituents is 1. The summed E-state index contributed by atoms with van der Waals surface area (Å²) in [4.78, 5) is 16.1. The molecule has 6 heteroatoms. The first-order valence-corrected chi connectivity index (χ1v) is 7.18. The average Bonchev–Trinajstić information content (AvgIpc) is 2.76. The van der Waals surface area contributed by atoms with Crippen molar-refractivity contribution in [1.29, 1.82) is 0 Å². The number of nitrogens with zero attached hydrogens (tertiary/aromatic N) is 2. The number of carbonyl (C=O) groups is 1. The van der Waals surface area contributed by atoms with Crippen molar-refractivity contribution in [2.45, 2.75) is 20.8 Å². The number of hydrogen-bond acceptors (Lipinski definition) is 4. The Kier molecular flexibility index (Phi) is 3.25. The van der Waals surface area contributed by atoms with Crippen LogP contribution >= 0.6 is 0 Å². The van der Waals surface area contributed by atoms with Gasteiger partial charge in [-0.2, -0.15) is 0 Å². The van der Waals surface area contributed by atoms with Crippen LogP contribution < -0.4 is 11.5 Å². The van der Waals surface area contributed by atoms with E-state index in [4.69, 9.17) is 11.5 Å². The first kappa shape index (κ1) is 14.9. The van der Waals surface area contributed by atoms with Gasteiger partial charge in [0.15, 0.2) is 0 Å². The molecule has 23 heavy (non-hydrogen) atoms. The quantitative estimate of drug-likeness (QED) is 0.675. The first-order valence-electron chi connectivity index (χ1n) is 7.18. The molecule has 0 saturated heterocycles. The standard InChI is InChI=1S/C17H18N4O2/c1-8-4-5-13(22)10(3)15(8)21-12-6-9(2)20-7-11(12)14(16(21)18)17(19)23/h4-7,22H,18H2,1-3H3,(H2,19,23). The number of amides is 1. The molecular formula is C17H18N4O2. The molecule has 0 aliphatic carbocycles. The summed E-state index contributed by atoms with van der Waals surface area (Å²) in [6.07, 6.45) is 1.60. The second-order valence-corrected chi connectivity index (χ2v) is 5.68. The van der Waals surface area contributed by atoms with E-state index in [2.05, 4.69) is 4.98 Å². The molecule has 2 heterocycles. The Balaban J connectivity index is 2.53. The van der Waals surface area contributed by atoms with Crippen LogP contribution in [-0.4, -0.2) is 20.6 Å². The summed E-state index contributed by atoms with van der Waals surface area (Å²) < 4.78 is 1.76. The molecule has 3 aromatic rings. The van der Waals surface area contributed by atoms with Crippen molar-refractivity contribution in [3.05, 3.63) is 46.8 Å². The molecule has 2 aromatic heterocycles. The van der Waals surface area contributed by atoms with Gasteiger partial charge in [0.1, 0.15) is 11.6 Å². The summed E-state index contributed by atoms with van der Waals surface area (Å²) in [5, 5.41) is 10.7. The average molecular weight is 310 g/mol. The van der Waals surface area contributed by atoms with Gasteiger partial charge >= 0.3 is 0 Å². The van der Waals surface area contributed by atoms with E-state index < -0.39 is 5.91 Å². The Hall–Kier alpha value is -3.02. The SMILES string of the molecule is Cc1cc2c(cn1)c(C(N)=O)c(N)n2-c1c(C)ccc(O)c1C. The van der Waals surface area contributed by atoms with Crippen molar-refractivity contribution in [1.82, 2.24) is 9.55 Å². The fraction of sp³-hybridized carbons (Fsp3) is 0.176. The number of aryl methyl sites for hydroxylation is 2. The lowest BCUT2D eigenvalue weighted by molar-refractivity contribution is 0.100. The molecule has 0 saturated carbocycles. The molecule has 118 valence electrons. The number of pyridine rings is 1. The van der Waals surface area contributed by atoms with Crippen molar-refractivity contribution >= 4 is 22.6 Å². The predicted octanol–water partition coefficient (Wildman–Crippen LogP) is 2.34. The molecule has 0 aliphatic heterocycles. The summed E-state index contributed by atoms with van der Waals surface area (Å²) in [7, 11) is 0. The van der Waals surface area contributed by atoms with Crippen LogP contribution in [0, 0.1) is 20.8 Å². The number of rotatable bonds is 2. The second-order valence-electron chi connectivity index (χ2n) is 5.68. The molecule has 5 N–H and O–H groups in total. The van der Waals surface area contributed by atoms with Crippen LogP contribution in [0.1, 0.15) is 27.2 Å². The topological polar surface area (TPSA) is 107 Å². The van der Waals surface area contributed by atoms with Gasteiger partial charge in [0.25, 0.3) is 5.91 Å². The Morgan fingerprint density at radius 1 is 1.26 bits per heavy atom. The maximum absolute atomic E-state index is 11.9. The normalized spacial score (nSPS) is 11.1. The van der Waals surface area contributed by atoms with Gasteiger partial charge < -0.3 is 16.6 Å². The zero-order valence-corrected chi connectivity index (χ0v) is 13.2. The van der Waals surface area contributed by atoms with Gasteiger partial charge in [-0.1, -0.05) is 6.07 Å². The van der Waals surface area contributed by atoms with E-state index in [-0.39, 0.29) is 17.1 Å². The second kappa shape index (κ2) is 5.01. The minimum absolute atomic E-state index is 0.165. The molecule has 1 aromatic carbocycles. The number of primary amides is 1. The summed E-state index contributed by atoms with van der Waals surface area (Å²) in [5.74, 6) is -0.192. The van der Waals surface area contributed by atoms with Gasteiger partial charge in [0.2, 0.25) is 0 Å². The largest absolute Gasteiger partial charge is 0.508 e. The maximum atomic E-state index is 11.9. The van der Waals surface area contributed by atoms with Crippen molar-refractivity contribution in [3.63, 3.8) is 0 Å². The van der Waals surface area contributed by atoms with Crippen LogP contribution in [0.2, 0.25) is 0 Å². The minimum Gasteiger partial charge on any atom is -0.508 e. The molecule has 0 bridgehead atoms. The third kappa shape index (κ3) is 2.11. The molecule has 1 amide bonds. The maximum Gasteiger partial charge on any atom is 0.253 e. The summed E-state index contributed by atoms with van der Waals surface area (Å²) in [6.45, 7) is 5.59. The molecule has 0 radical (unpaired) electrons. The smallest absolute Gasteiger partial charge is 0.253 e. The van der Waals surface area contributed by atoms with Crippen LogP contribution in [0.15, 0.2) is 24.4 Å². The number of benzene rings is 1. The molecule has 0 aliphatic rings. The summed E-state index contributed by atoms with van der Waals surface area (Å²) >= 11 is 0. The Labute approximate surface area is 133 Å². The van der Waals surface area contributed by atoms with Crippen molar-refractivity contribution in [2.24, 2.45) is 5.73 Å². The van der Waals surface area contributed by atoms with Gasteiger partial charge in [-0.15, -0.1) is 0 Å². The number of anilines is 1. The molecular weight excluding hydrogens is 292 g/mol. The fourth-order valence-electron chi connectivity index (χ4n) is 2.97. The highest BCUT2D eigenvalue weighted by molar-refractivity contribution is 6.11. The zero-order valence-electron chi connectivity index (χ0n) is 13.2. The number of aromatic hydroxyl groups is 1. The van der Waals surface area contributed by atoms with Crippen LogP contribution in [0.5, 0.6) is 5.75 Å². The molecule has 6 nitrogen and oxygen atoms in total. The third-order valence-corrected chi connectivity index (χ3v) is 4.10. The van der Waals surface area contributed by atoms with Gasteiger partial charge in [-0.3, -0.25) is 14.3 Å². The fourth-order valence-corrected chi connectivity index (χ4v) is 2.97. The number of fused-ring (bicyclic) bond motifs is 1. The highest BCUT2D eigenvalue weighted by Crippen LogP contribution is 2.36. The highest BCUT2D eigenvalue weighted by atomic mass is 16.3. The third-order valence-electron chi connectivity index (χ3n) is 4.10. The lowest BCUT2D eigenvalue weighted by atomic mass is 10.1. The van der Waals surface area contributed by atoms with Gasteiger partial charge in [-0.25, -0.2) is 0 Å². The lowest BCUT2D eigenvalue weighted by Gasteiger charge is -2.15. The van der Waals surface area contributed by atoms with Gasteiger partial charge in [0.05, 0.1) is 16.8 Å². The van der Waals surface area contributed by atoms with Crippen molar-refractivity contribution in [3.8, 4) is 11.4 Å². The number of carbonyl (C=O) groups excluding carboxylic acids is 1. The van der Waals surface area contributed by atoms with E-state index in [1.165, 1.54) is 0 Å². The zero-order chi connectivity index (χ0) is 16.9. The lowest BCUT2D eigenvalue weighted by Crippen LogP contribution is -2.14. The molecule has 3 rings (SSSR count). The van der Waals surface area contributed by atoms with E-state index in [0.717, 1.165) is 22.5 Å². The Morgan fingerprint density at radius 2 is 1.96 bits per heavy atom. The van der Waals surface area contributed by atoms with Crippen molar-refractivity contribution < 1.29 is 9.90 Å². The van der Waals surface area contributed by atoms with Gasteiger partial charge in [-0.05, 0) is 38.5 Å². The number of nitrogen functional groups attached to an aromatic ring is 1. The monoisotopic (exact) mass is 310 g/mol. The summed E-state index contributed by atoms with van der Waals surface area (Å²) in [5.41, 5.74) is 15.9. The number of hydrogen-bond donors (Lipinski definition) is 3. The molecule has 0 unspecified atom stereocenters. The Morgan fingerprint density at radius 3 is 2.61 bits per heavy atom. The molecule has 0 atom stereocenters. The first-order chi connectivity index (χ1) is 10.8. The van der Waals surface area contributed by atoms with E-state index in [1.807, 2.05) is 19.9 Å². The Bertz CT molecular complexity index is 957. The number of aromatic nitrogens is 2.